The maximum Gasteiger partial charge on any atom is 0.276 e. The lowest BCUT2D eigenvalue weighted by Crippen LogP contribution is -2.37. The van der Waals surface area contributed by atoms with Gasteiger partial charge < -0.3 is 4.74 Å². The van der Waals surface area contributed by atoms with E-state index in [9.17, 15) is 19.3 Å². The Kier molecular flexibility index (Phi) is 5.25. The standard InChI is InChI=1S/C20H18FN3O4S/c1-12-15(21)9-13(10-17(12)24(26)27)19(25)23(11-14-5-4-8-28-14)20-22-16-6-2-3-7-18(16)29-20/h2-3,6-7,9-10,14H,4-5,8,11H2,1H3. The third kappa shape index (κ3) is 3.83. The number of carbonyl (C=O) groups is 1. The monoisotopic (exact) mass is 415 g/mol. The van der Waals surface area contributed by atoms with Gasteiger partial charge in [0.25, 0.3) is 11.6 Å². The Balaban J connectivity index is 1.76. The van der Waals surface area contributed by atoms with Crippen LogP contribution >= 0.6 is 11.3 Å². The first kappa shape index (κ1) is 19.4. The number of carbonyl (C=O) groups excluding carboxylic acids is 1. The first-order valence-electron chi connectivity index (χ1n) is 9.17. The molecule has 1 fully saturated rings. The Morgan fingerprint density at radius 2 is 2.21 bits per heavy atom. The summed E-state index contributed by atoms with van der Waals surface area (Å²) < 4.78 is 20.9. The molecule has 0 N–H and O–H groups in total. The van der Waals surface area contributed by atoms with E-state index in [0.29, 0.717) is 11.7 Å². The van der Waals surface area contributed by atoms with Crippen LogP contribution in [0.4, 0.5) is 15.2 Å². The van der Waals surface area contributed by atoms with Gasteiger partial charge in [0, 0.05) is 18.2 Å². The molecule has 1 amide bonds. The third-order valence-electron chi connectivity index (χ3n) is 4.93. The molecule has 1 saturated heterocycles. The van der Waals surface area contributed by atoms with Crippen molar-refractivity contribution in [1.82, 2.24) is 4.98 Å². The number of nitro groups is 1. The molecule has 0 spiro atoms. The summed E-state index contributed by atoms with van der Waals surface area (Å²) in [7, 11) is 0. The molecule has 0 aliphatic carbocycles. The fourth-order valence-corrected chi connectivity index (χ4v) is 4.32. The van der Waals surface area contributed by atoms with E-state index in [1.165, 1.54) is 23.2 Å². The van der Waals surface area contributed by atoms with Crippen LogP contribution in [0.15, 0.2) is 36.4 Å². The van der Waals surface area contributed by atoms with E-state index in [-0.39, 0.29) is 23.8 Å². The number of aromatic nitrogens is 1. The molecule has 0 bridgehead atoms. The van der Waals surface area contributed by atoms with Gasteiger partial charge in [-0.25, -0.2) is 9.37 Å². The summed E-state index contributed by atoms with van der Waals surface area (Å²) in [4.78, 5) is 29.9. The second-order valence-corrected chi connectivity index (χ2v) is 7.88. The molecule has 0 radical (unpaired) electrons. The number of hydrogen-bond donors (Lipinski definition) is 0. The number of thiazole rings is 1. The Labute approximate surface area is 169 Å². The lowest BCUT2D eigenvalue weighted by molar-refractivity contribution is -0.385. The Morgan fingerprint density at radius 3 is 2.90 bits per heavy atom. The molecule has 1 aliphatic heterocycles. The first-order chi connectivity index (χ1) is 13.9. The number of para-hydroxylation sites is 1. The number of ether oxygens (including phenoxy) is 1. The lowest BCUT2D eigenvalue weighted by Gasteiger charge is -2.23. The van der Waals surface area contributed by atoms with Gasteiger partial charge >= 0.3 is 0 Å². The predicted molar refractivity (Wildman–Crippen MR) is 108 cm³/mol. The molecule has 29 heavy (non-hydrogen) atoms. The highest BCUT2D eigenvalue weighted by molar-refractivity contribution is 7.22. The molecular formula is C20H18FN3O4S. The first-order valence-corrected chi connectivity index (χ1v) is 9.99. The number of rotatable bonds is 5. The number of fused-ring (bicyclic) bond motifs is 1. The number of benzene rings is 2. The minimum absolute atomic E-state index is 0.0861. The smallest absolute Gasteiger partial charge is 0.276 e. The molecule has 1 aliphatic rings. The van der Waals surface area contributed by atoms with Crippen LogP contribution in [0.3, 0.4) is 0 Å². The second kappa shape index (κ2) is 7.84. The van der Waals surface area contributed by atoms with Gasteiger partial charge in [-0.05, 0) is 38.0 Å². The van der Waals surface area contributed by atoms with Crippen molar-refractivity contribution in [1.29, 1.82) is 0 Å². The topological polar surface area (TPSA) is 85.6 Å². The number of nitrogens with zero attached hydrogens (tertiary/aromatic N) is 3. The van der Waals surface area contributed by atoms with Gasteiger partial charge in [0.15, 0.2) is 5.13 Å². The summed E-state index contributed by atoms with van der Waals surface area (Å²) in [6.45, 7) is 2.19. The van der Waals surface area contributed by atoms with Crippen LogP contribution < -0.4 is 4.90 Å². The quantitative estimate of drug-likeness (QED) is 0.453. The lowest BCUT2D eigenvalue weighted by atomic mass is 10.1. The van der Waals surface area contributed by atoms with Gasteiger partial charge in [-0.15, -0.1) is 0 Å². The van der Waals surface area contributed by atoms with Gasteiger partial charge in [-0.2, -0.15) is 0 Å². The van der Waals surface area contributed by atoms with Crippen molar-refractivity contribution >= 4 is 38.3 Å². The van der Waals surface area contributed by atoms with E-state index < -0.39 is 22.3 Å². The molecule has 0 saturated carbocycles. The van der Waals surface area contributed by atoms with Crippen LogP contribution in [0.2, 0.25) is 0 Å². The van der Waals surface area contributed by atoms with Crippen molar-refractivity contribution in [2.24, 2.45) is 0 Å². The number of halogens is 1. The molecule has 2 aromatic carbocycles. The Hall–Kier alpha value is -2.91. The van der Waals surface area contributed by atoms with Crippen LogP contribution in [0.5, 0.6) is 0 Å². The molecule has 150 valence electrons. The number of nitro benzene ring substituents is 1. The van der Waals surface area contributed by atoms with Crippen molar-refractivity contribution in [2.45, 2.75) is 25.9 Å². The zero-order valence-electron chi connectivity index (χ0n) is 15.6. The minimum Gasteiger partial charge on any atom is -0.376 e. The van der Waals surface area contributed by atoms with Crippen molar-refractivity contribution in [2.75, 3.05) is 18.1 Å². The van der Waals surface area contributed by atoms with Crippen LogP contribution in [0.1, 0.15) is 28.8 Å². The van der Waals surface area contributed by atoms with E-state index >= 15 is 0 Å². The summed E-state index contributed by atoms with van der Waals surface area (Å²) in [6, 6.07) is 9.66. The van der Waals surface area contributed by atoms with Gasteiger partial charge in [-0.3, -0.25) is 19.8 Å². The average Bonchev–Trinajstić information content (AvgIpc) is 3.36. The maximum atomic E-state index is 14.3. The summed E-state index contributed by atoms with van der Waals surface area (Å²) in [5.74, 6) is -1.33. The van der Waals surface area contributed by atoms with E-state index in [2.05, 4.69) is 4.98 Å². The number of amides is 1. The van der Waals surface area contributed by atoms with Crippen LogP contribution in [0.25, 0.3) is 10.2 Å². The molecule has 1 aromatic heterocycles. The molecule has 9 heteroatoms. The van der Waals surface area contributed by atoms with Gasteiger partial charge in [0.1, 0.15) is 5.82 Å². The van der Waals surface area contributed by atoms with Gasteiger partial charge in [-0.1, -0.05) is 23.5 Å². The minimum atomic E-state index is -0.788. The third-order valence-corrected chi connectivity index (χ3v) is 5.99. The predicted octanol–water partition coefficient (Wildman–Crippen LogP) is 4.48. The van der Waals surface area contributed by atoms with Crippen molar-refractivity contribution in [3.8, 4) is 0 Å². The summed E-state index contributed by atoms with van der Waals surface area (Å²) in [6.07, 6.45) is 1.55. The zero-order chi connectivity index (χ0) is 20.5. The molecule has 2 heterocycles. The van der Waals surface area contributed by atoms with Crippen molar-refractivity contribution in [3.05, 3.63) is 63.5 Å². The van der Waals surface area contributed by atoms with E-state index in [0.717, 1.165) is 35.2 Å². The molecule has 1 unspecified atom stereocenters. The highest BCUT2D eigenvalue weighted by atomic mass is 32.1. The van der Waals surface area contributed by atoms with Crippen LogP contribution in [-0.4, -0.2) is 35.1 Å². The number of hydrogen-bond acceptors (Lipinski definition) is 6. The zero-order valence-corrected chi connectivity index (χ0v) is 16.4. The fraction of sp³-hybridized carbons (Fsp3) is 0.300. The van der Waals surface area contributed by atoms with E-state index in [1.807, 2.05) is 24.3 Å². The molecular weight excluding hydrogens is 397 g/mol. The normalized spacial score (nSPS) is 16.3. The largest absolute Gasteiger partial charge is 0.376 e. The number of anilines is 1. The average molecular weight is 415 g/mol. The van der Waals surface area contributed by atoms with Gasteiger partial charge in [0.2, 0.25) is 0 Å². The fourth-order valence-electron chi connectivity index (χ4n) is 3.35. The van der Waals surface area contributed by atoms with Gasteiger partial charge in [0.05, 0.1) is 33.4 Å². The van der Waals surface area contributed by atoms with Crippen LogP contribution in [0, 0.1) is 22.9 Å². The molecule has 1 atom stereocenters. The Bertz CT molecular complexity index is 1060. The maximum absolute atomic E-state index is 14.3. The SMILES string of the molecule is Cc1c(F)cc(C(=O)N(CC2CCCO2)c2nc3ccccc3s2)cc1[N+](=O)[O-]. The Morgan fingerprint density at radius 1 is 1.41 bits per heavy atom. The molecule has 4 rings (SSSR count). The molecule has 7 nitrogen and oxygen atoms in total. The summed E-state index contributed by atoms with van der Waals surface area (Å²) in [5, 5.41) is 11.7. The summed E-state index contributed by atoms with van der Waals surface area (Å²) >= 11 is 1.34. The van der Waals surface area contributed by atoms with Crippen molar-refractivity contribution < 1.29 is 18.8 Å². The highest BCUT2D eigenvalue weighted by Crippen LogP contribution is 2.32. The van der Waals surface area contributed by atoms with Crippen molar-refractivity contribution in [3.63, 3.8) is 0 Å². The van der Waals surface area contributed by atoms with E-state index in [4.69, 9.17) is 4.74 Å². The van der Waals surface area contributed by atoms with E-state index in [1.54, 1.807) is 0 Å². The molecule has 3 aromatic rings. The summed E-state index contributed by atoms with van der Waals surface area (Å²) in [5.41, 5.74) is 0.141. The second-order valence-electron chi connectivity index (χ2n) is 6.87. The van der Waals surface area contributed by atoms with Crippen LogP contribution in [-0.2, 0) is 4.74 Å². The highest BCUT2D eigenvalue weighted by Gasteiger charge is 2.29.